The molecule has 0 spiro atoms. The number of hydrogen-bond donors (Lipinski definition) is 0. The highest BCUT2D eigenvalue weighted by molar-refractivity contribution is 9.10. The molecule has 0 aliphatic heterocycles. The number of benzene rings is 1. The molecular weight excluding hydrogens is 292 g/mol. The Bertz CT molecular complexity index is 534. The summed E-state index contributed by atoms with van der Waals surface area (Å²) in [5.41, 5.74) is 0.591. The highest BCUT2D eigenvalue weighted by atomic mass is 79.9. The van der Waals surface area contributed by atoms with Crippen LogP contribution in [0.25, 0.3) is 0 Å². The molecule has 0 saturated heterocycles. The maximum absolute atomic E-state index is 13.2. The zero-order valence-corrected chi connectivity index (χ0v) is 10.2. The predicted molar refractivity (Wildman–Crippen MR) is 62.6 cm³/mol. The SMILES string of the molecule is Fc1cncc(COc2ccc(Br)c(F)c2)c1. The molecule has 0 radical (unpaired) electrons. The van der Waals surface area contributed by atoms with Gasteiger partial charge >= 0.3 is 0 Å². The van der Waals surface area contributed by atoms with Crippen LogP contribution in [0.3, 0.4) is 0 Å². The van der Waals surface area contributed by atoms with Crippen LogP contribution in [0, 0.1) is 11.6 Å². The van der Waals surface area contributed by atoms with Crippen molar-refractivity contribution in [3.05, 3.63) is 58.3 Å². The van der Waals surface area contributed by atoms with Crippen LogP contribution in [0.5, 0.6) is 5.75 Å². The maximum atomic E-state index is 13.2. The molecule has 2 nitrogen and oxygen atoms in total. The van der Waals surface area contributed by atoms with Gasteiger partial charge in [0.1, 0.15) is 24.0 Å². The van der Waals surface area contributed by atoms with Crippen molar-refractivity contribution < 1.29 is 13.5 Å². The molecule has 1 aromatic heterocycles. The second-order valence-corrected chi connectivity index (χ2v) is 4.23. The van der Waals surface area contributed by atoms with Crippen LogP contribution in [-0.2, 0) is 6.61 Å². The molecule has 0 unspecified atom stereocenters. The molecule has 0 atom stereocenters. The van der Waals surface area contributed by atoms with Crippen molar-refractivity contribution in [3.8, 4) is 5.75 Å². The molecule has 1 aromatic carbocycles. The first-order valence-corrected chi connectivity index (χ1v) is 5.62. The van der Waals surface area contributed by atoms with Gasteiger partial charge < -0.3 is 4.74 Å². The Hall–Kier alpha value is -1.49. The molecule has 0 bridgehead atoms. The molecule has 0 amide bonds. The van der Waals surface area contributed by atoms with Crippen LogP contribution < -0.4 is 4.74 Å². The quantitative estimate of drug-likeness (QED) is 0.862. The maximum Gasteiger partial charge on any atom is 0.141 e. The zero-order chi connectivity index (χ0) is 12.3. The van der Waals surface area contributed by atoms with E-state index in [4.69, 9.17) is 4.74 Å². The summed E-state index contributed by atoms with van der Waals surface area (Å²) in [5, 5.41) is 0. The minimum absolute atomic E-state index is 0.145. The van der Waals surface area contributed by atoms with Crippen LogP contribution in [-0.4, -0.2) is 4.98 Å². The summed E-state index contributed by atoms with van der Waals surface area (Å²) in [4.78, 5) is 3.69. The van der Waals surface area contributed by atoms with Gasteiger partial charge in [-0.25, -0.2) is 8.78 Å². The van der Waals surface area contributed by atoms with Gasteiger partial charge in [-0.1, -0.05) is 0 Å². The van der Waals surface area contributed by atoms with Gasteiger partial charge in [-0.3, -0.25) is 4.98 Å². The number of nitrogens with zero attached hydrogens (tertiary/aromatic N) is 1. The molecule has 17 heavy (non-hydrogen) atoms. The largest absolute Gasteiger partial charge is 0.489 e. The smallest absolute Gasteiger partial charge is 0.141 e. The molecule has 2 aromatic rings. The van der Waals surface area contributed by atoms with Crippen molar-refractivity contribution in [1.82, 2.24) is 4.98 Å². The van der Waals surface area contributed by atoms with E-state index in [1.807, 2.05) is 0 Å². The second-order valence-electron chi connectivity index (χ2n) is 3.38. The summed E-state index contributed by atoms with van der Waals surface area (Å²) < 4.78 is 31.7. The Labute approximate surface area is 105 Å². The van der Waals surface area contributed by atoms with Gasteiger partial charge in [-0.2, -0.15) is 0 Å². The summed E-state index contributed by atoms with van der Waals surface area (Å²) in [6.45, 7) is 0.145. The van der Waals surface area contributed by atoms with Gasteiger partial charge in [0, 0.05) is 17.8 Å². The number of rotatable bonds is 3. The molecule has 0 aliphatic rings. The van der Waals surface area contributed by atoms with E-state index in [2.05, 4.69) is 20.9 Å². The summed E-state index contributed by atoms with van der Waals surface area (Å²) in [7, 11) is 0. The van der Waals surface area contributed by atoms with E-state index in [1.54, 1.807) is 12.1 Å². The Balaban J connectivity index is 2.05. The molecule has 88 valence electrons. The predicted octanol–water partition coefficient (Wildman–Crippen LogP) is 3.70. The van der Waals surface area contributed by atoms with Gasteiger partial charge in [0.05, 0.1) is 10.7 Å². The minimum Gasteiger partial charge on any atom is -0.489 e. The summed E-state index contributed by atoms with van der Waals surface area (Å²) >= 11 is 3.04. The fourth-order valence-electron chi connectivity index (χ4n) is 1.27. The zero-order valence-electron chi connectivity index (χ0n) is 8.66. The van der Waals surface area contributed by atoms with Crippen LogP contribution >= 0.6 is 15.9 Å². The van der Waals surface area contributed by atoms with Gasteiger partial charge in [-0.15, -0.1) is 0 Å². The lowest BCUT2D eigenvalue weighted by Gasteiger charge is -2.06. The third-order valence-corrected chi connectivity index (χ3v) is 2.70. The topological polar surface area (TPSA) is 22.1 Å². The molecule has 0 fully saturated rings. The number of ether oxygens (including phenoxy) is 1. The number of hydrogen-bond acceptors (Lipinski definition) is 2. The van der Waals surface area contributed by atoms with Crippen molar-refractivity contribution >= 4 is 15.9 Å². The average molecular weight is 300 g/mol. The van der Waals surface area contributed by atoms with Crippen molar-refractivity contribution in [2.45, 2.75) is 6.61 Å². The Morgan fingerprint density at radius 1 is 1.18 bits per heavy atom. The van der Waals surface area contributed by atoms with E-state index in [0.717, 1.165) is 6.20 Å². The number of halogens is 3. The number of aromatic nitrogens is 1. The van der Waals surface area contributed by atoms with E-state index in [9.17, 15) is 8.78 Å². The first kappa shape index (κ1) is 12.0. The average Bonchev–Trinajstić information content (AvgIpc) is 2.31. The van der Waals surface area contributed by atoms with E-state index in [0.29, 0.717) is 15.8 Å². The Kier molecular flexibility index (Phi) is 3.68. The molecule has 5 heteroatoms. The van der Waals surface area contributed by atoms with E-state index in [-0.39, 0.29) is 6.61 Å². The van der Waals surface area contributed by atoms with E-state index < -0.39 is 11.6 Å². The summed E-state index contributed by atoms with van der Waals surface area (Å²) in [6, 6.07) is 5.76. The lowest BCUT2D eigenvalue weighted by atomic mass is 10.3. The van der Waals surface area contributed by atoms with Crippen LogP contribution in [0.15, 0.2) is 41.1 Å². The van der Waals surface area contributed by atoms with Crippen molar-refractivity contribution in [2.24, 2.45) is 0 Å². The highest BCUT2D eigenvalue weighted by Crippen LogP contribution is 2.21. The minimum atomic E-state index is -0.423. The first-order chi connectivity index (χ1) is 8.15. The highest BCUT2D eigenvalue weighted by Gasteiger charge is 2.02. The lowest BCUT2D eigenvalue weighted by Crippen LogP contribution is -1.97. The van der Waals surface area contributed by atoms with Gasteiger partial charge in [0.2, 0.25) is 0 Å². The Morgan fingerprint density at radius 2 is 2.00 bits per heavy atom. The van der Waals surface area contributed by atoms with E-state index in [1.165, 1.54) is 18.3 Å². The number of pyridine rings is 1. The fraction of sp³-hybridized carbons (Fsp3) is 0.0833. The van der Waals surface area contributed by atoms with Gasteiger partial charge in [0.15, 0.2) is 0 Å². The molecule has 0 saturated carbocycles. The fourth-order valence-corrected chi connectivity index (χ4v) is 1.51. The first-order valence-electron chi connectivity index (χ1n) is 4.82. The third-order valence-electron chi connectivity index (χ3n) is 2.06. The van der Waals surface area contributed by atoms with Gasteiger partial charge in [0.25, 0.3) is 0 Å². The Morgan fingerprint density at radius 3 is 2.71 bits per heavy atom. The molecule has 0 N–H and O–H groups in total. The third kappa shape index (κ3) is 3.23. The van der Waals surface area contributed by atoms with Crippen molar-refractivity contribution in [3.63, 3.8) is 0 Å². The van der Waals surface area contributed by atoms with Crippen molar-refractivity contribution in [1.29, 1.82) is 0 Å². The van der Waals surface area contributed by atoms with Crippen molar-refractivity contribution in [2.75, 3.05) is 0 Å². The standard InChI is InChI=1S/C12H8BrF2NO/c13-11-2-1-10(4-12(11)15)17-7-8-3-9(14)6-16-5-8/h1-6H,7H2. The van der Waals surface area contributed by atoms with Gasteiger partial charge in [-0.05, 0) is 34.1 Å². The summed E-state index contributed by atoms with van der Waals surface area (Å²) in [5.74, 6) is -0.442. The second kappa shape index (κ2) is 5.23. The normalized spacial score (nSPS) is 10.3. The lowest BCUT2D eigenvalue weighted by molar-refractivity contribution is 0.303. The van der Waals surface area contributed by atoms with E-state index >= 15 is 0 Å². The van der Waals surface area contributed by atoms with Crippen LogP contribution in [0.4, 0.5) is 8.78 Å². The molecule has 1 heterocycles. The summed E-state index contributed by atoms with van der Waals surface area (Å²) in [6.07, 6.45) is 2.61. The molecular formula is C12H8BrF2NO. The van der Waals surface area contributed by atoms with Crippen LogP contribution in [0.2, 0.25) is 0 Å². The van der Waals surface area contributed by atoms with Crippen LogP contribution in [0.1, 0.15) is 5.56 Å². The molecule has 2 rings (SSSR count). The molecule has 0 aliphatic carbocycles. The monoisotopic (exact) mass is 299 g/mol.